The molecule has 0 saturated carbocycles. The monoisotopic (exact) mass is 342 g/mol. The average molecular weight is 342 g/mol. The molecule has 2 aromatic rings. The Bertz CT molecular complexity index is 679. The molecule has 0 radical (unpaired) electrons. The molecule has 2 rings (SSSR count). The Morgan fingerprint density at radius 3 is 2.12 bits per heavy atom. The number of esters is 2. The fraction of sp³-hybridized carbons (Fsp3) is 0.300. The van der Waals surface area contributed by atoms with Crippen molar-refractivity contribution in [1.82, 2.24) is 0 Å². The first-order valence-corrected chi connectivity index (χ1v) is 8.29. The summed E-state index contributed by atoms with van der Waals surface area (Å²) < 4.78 is 15.8. The molecule has 0 fully saturated rings. The molecule has 1 atom stereocenters. The van der Waals surface area contributed by atoms with Crippen molar-refractivity contribution in [3.8, 4) is 11.5 Å². The molecule has 25 heavy (non-hydrogen) atoms. The van der Waals surface area contributed by atoms with Crippen LogP contribution in [0.5, 0.6) is 11.5 Å². The van der Waals surface area contributed by atoms with Crippen LogP contribution in [-0.4, -0.2) is 18.5 Å². The molecule has 0 aliphatic heterocycles. The highest BCUT2D eigenvalue weighted by Gasteiger charge is 2.28. The SMILES string of the molecule is CCOC(=O)C(CC)C(=O)Oc1ccc(OCc2ccccc2)cc1. The molecule has 5 nitrogen and oxygen atoms in total. The number of carbonyl (C=O) groups excluding carboxylic acids is 2. The van der Waals surface area contributed by atoms with E-state index in [-0.39, 0.29) is 6.61 Å². The molecular weight excluding hydrogens is 320 g/mol. The summed E-state index contributed by atoms with van der Waals surface area (Å²) in [4.78, 5) is 23.8. The van der Waals surface area contributed by atoms with Gasteiger partial charge in [-0.15, -0.1) is 0 Å². The topological polar surface area (TPSA) is 61.8 Å². The molecule has 0 N–H and O–H groups in total. The van der Waals surface area contributed by atoms with Gasteiger partial charge < -0.3 is 14.2 Å². The fourth-order valence-electron chi connectivity index (χ4n) is 2.20. The van der Waals surface area contributed by atoms with Gasteiger partial charge >= 0.3 is 11.9 Å². The summed E-state index contributed by atoms with van der Waals surface area (Å²) >= 11 is 0. The molecule has 0 spiro atoms. The lowest BCUT2D eigenvalue weighted by Crippen LogP contribution is -2.29. The van der Waals surface area contributed by atoms with Crippen molar-refractivity contribution in [2.45, 2.75) is 26.9 Å². The van der Waals surface area contributed by atoms with Crippen LogP contribution in [0.15, 0.2) is 54.6 Å². The maximum Gasteiger partial charge on any atom is 0.325 e. The van der Waals surface area contributed by atoms with Crippen molar-refractivity contribution in [1.29, 1.82) is 0 Å². The predicted octanol–water partition coefficient (Wildman–Crippen LogP) is 3.76. The molecule has 5 heteroatoms. The van der Waals surface area contributed by atoms with Crippen molar-refractivity contribution in [3.05, 3.63) is 60.2 Å². The van der Waals surface area contributed by atoms with Crippen LogP contribution in [-0.2, 0) is 20.9 Å². The summed E-state index contributed by atoms with van der Waals surface area (Å²) in [5, 5.41) is 0. The molecule has 0 bridgehead atoms. The molecule has 0 aliphatic carbocycles. The van der Waals surface area contributed by atoms with Gasteiger partial charge in [-0.05, 0) is 43.2 Å². The molecule has 0 heterocycles. The summed E-state index contributed by atoms with van der Waals surface area (Å²) in [6, 6.07) is 16.5. The smallest absolute Gasteiger partial charge is 0.325 e. The Morgan fingerprint density at radius 1 is 0.880 bits per heavy atom. The van der Waals surface area contributed by atoms with Gasteiger partial charge in [-0.25, -0.2) is 0 Å². The fourth-order valence-corrected chi connectivity index (χ4v) is 2.20. The zero-order valence-electron chi connectivity index (χ0n) is 14.4. The number of hydrogen-bond acceptors (Lipinski definition) is 5. The van der Waals surface area contributed by atoms with Crippen molar-refractivity contribution in [3.63, 3.8) is 0 Å². The van der Waals surface area contributed by atoms with Gasteiger partial charge in [0.1, 0.15) is 18.1 Å². The van der Waals surface area contributed by atoms with Crippen molar-refractivity contribution in [2.24, 2.45) is 5.92 Å². The Balaban J connectivity index is 1.90. The summed E-state index contributed by atoms with van der Waals surface area (Å²) in [5.74, 6) is -1.05. The quantitative estimate of drug-likeness (QED) is 0.415. The third-order valence-electron chi connectivity index (χ3n) is 3.55. The summed E-state index contributed by atoms with van der Waals surface area (Å²) in [6.07, 6.45) is 0.329. The highest BCUT2D eigenvalue weighted by Crippen LogP contribution is 2.20. The van der Waals surface area contributed by atoms with Crippen LogP contribution in [0.2, 0.25) is 0 Å². The van der Waals surface area contributed by atoms with Crippen LogP contribution in [0.1, 0.15) is 25.8 Å². The summed E-state index contributed by atoms with van der Waals surface area (Å²) in [6.45, 7) is 4.13. The Kier molecular flexibility index (Phi) is 7.01. The Morgan fingerprint density at radius 2 is 1.52 bits per heavy atom. The molecule has 0 aromatic heterocycles. The lowest BCUT2D eigenvalue weighted by molar-refractivity contribution is -0.157. The highest BCUT2D eigenvalue weighted by molar-refractivity contribution is 5.95. The van der Waals surface area contributed by atoms with Gasteiger partial charge in [0.25, 0.3) is 0 Å². The van der Waals surface area contributed by atoms with Gasteiger partial charge in [-0.1, -0.05) is 37.3 Å². The van der Waals surface area contributed by atoms with Crippen molar-refractivity contribution < 1.29 is 23.8 Å². The lowest BCUT2D eigenvalue weighted by atomic mass is 10.1. The lowest BCUT2D eigenvalue weighted by Gasteiger charge is -2.13. The number of carbonyl (C=O) groups is 2. The van der Waals surface area contributed by atoms with Crippen LogP contribution in [0, 0.1) is 5.92 Å². The number of rotatable bonds is 8. The van der Waals surface area contributed by atoms with E-state index in [1.165, 1.54) is 0 Å². The number of benzene rings is 2. The van der Waals surface area contributed by atoms with Gasteiger partial charge in [0.15, 0.2) is 5.92 Å². The molecular formula is C20H22O5. The van der Waals surface area contributed by atoms with Crippen LogP contribution < -0.4 is 9.47 Å². The van der Waals surface area contributed by atoms with E-state index in [0.717, 1.165) is 5.56 Å². The molecule has 0 amide bonds. The van der Waals surface area contributed by atoms with E-state index in [4.69, 9.17) is 14.2 Å². The van der Waals surface area contributed by atoms with Crippen LogP contribution in [0.25, 0.3) is 0 Å². The molecule has 0 saturated heterocycles. The maximum atomic E-state index is 12.1. The predicted molar refractivity (Wildman–Crippen MR) is 93.3 cm³/mol. The summed E-state index contributed by atoms with van der Waals surface area (Å²) in [5.41, 5.74) is 1.07. The third kappa shape index (κ3) is 5.64. The minimum Gasteiger partial charge on any atom is -0.489 e. The molecule has 2 aromatic carbocycles. The maximum absolute atomic E-state index is 12.1. The van der Waals surface area contributed by atoms with Gasteiger partial charge in [0.05, 0.1) is 6.61 Å². The summed E-state index contributed by atoms with van der Waals surface area (Å²) in [7, 11) is 0. The van der Waals surface area contributed by atoms with Gasteiger partial charge in [-0.2, -0.15) is 0 Å². The number of hydrogen-bond donors (Lipinski definition) is 0. The van der Waals surface area contributed by atoms with Gasteiger partial charge in [0, 0.05) is 0 Å². The first-order chi connectivity index (χ1) is 12.1. The van der Waals surface area contributed by atoms with Gasteiger partial charge in [-0.3, -0.25) is 9.59 Å². The van der Waals surface area contributed by atoms with E-state index in [9.17, 15) is 9.59 Å². The zero-order valence-corrected chi connectivity index (χ0v) is 14.4. The average Bonchev–Trinajstić information content (AvgIpc) is 2.63. The Labute approximate surface area is 147 Å². The van der Waals surface area contributed by atoms with Crippen LogP contribution >= 0.6 is 0 Å². The standard InChI is InChI=1S/C20H22O5/c1-3-18(19(21)23-4-2)20(22)25-17-12-10-16(11-13-17)24-14-15-8-6-5-7-9-15/h5-13,18H,3-4,14H2,1-2H3. The second-order valence-corrected chi connectivity index (χ2v) is 5.38. The minimum atomic E-state index is -0.908. The van der Waals surface area contributed by atoms with Crippen molar-refractivity contribution >= 4 is 11.9 Å². The van der Waals surface area contributed by atoms with Gasteiger partial charge in [0.2, 0.25) is 0 Å². The molecule has 1 unspecified atom stereocenters. The zero-order chi connectivity index (χ0) is 18.1. The number of ether oxygens (including phenoxy) is 3. The van der Waals surface area contributed by atoms with Crippen LogP contribution in [0.3, 0.4) is 0 Å². The first kappa shape index (κ1) is 18.5. The van der Waals surface area contributed by atoms with E-state index in [1.807, 2.05) is 30.3 Å². The van der Waals surface area contributed by atoms with E-state index < -0.39 is 17.9 Å². The van der Waals surface area contributed by atoms with Crippen molar-refractivity contribution in [2.75, 3.05) is 6.61 Å². The minimum absolute atomic E-state index is 0.232. The Hall–Kier alpha value is -2.82. The normalized spacial score (nSPS) is 11.4. The highest BCUT2D eigenvalue weighted by atomic mass is 16.6. The van der Waals surface area contributed by atoms with E-state index >= 15 is 0 Å². The second-order valence-electron chi connectivity index (χ2n) is 5.38. The molecule has 132 valence electrons. The third-order valence-corrected chi connectivity index (χ3v) is 3.55. The van der Waals surface area contributed by atoms with Crippen LogP contribution in [0.4, 0.5) is 0 Å². The largest absolute Gasteiger partial charge is 0.489 e. The van der Waals surface area contributed by atoms with E-state index in [2.05, 4.69) is 0 Å². The first-order valence-electron chi connectivity index (χ1n) is 8.29. The van der Waals surface area contributed by atoms with E-state index in [1.54, 1.807) is 38.1 Å². The van der Waals surface area contributed by atoms with E-state index in [0.29, 0.717) is 24.5 Å². The molecule has 0 aliphatic rings. The second kappa shape index (κ2) is 9.47.